The van der Waals surface area contributed by atoms with Gasteiger partial charge in [0.05, 0.1) is 17.5 Å². The molecule has 0 aliphatic heterocycles. The highest BCUT2D eigenvalue weighted by Gasteiger charge is 2.24. The number of carbonyl (C=O) groups excluding carboxylic acids is 1. The number of nitrogens with one attached hydrogen (secondary N) is 1. The van der Waals surface area contributed by atoms with Crippen LogP contribution in [0.4, 0.5) is 0 Å². The molecular weight excluding hydrogens is 298 g/mol. The summed E-state index contributed by atoms with van der Waals surface area (Å²) in [7, 11) is 1.52. The topological polar surface area (TPSA) is 101 Å². The smallest absolute Gasteiger partial charge is 0.326 e. The first-order valence-corrected chi connectivity index (χ1v) is 7.28. The molecule has 0 spiro atoms. The van der Waals surface area contributed by atoms with Gasteiger partial charge in [0, 0.05) is 12.4 Å². The predicted octanol–water partition coefficient (Wildman–Crippen LogP) is 0.701. The van der Waals surface area contributed by atoms with Gasteiger partial charge in [0.15, 0.2) is 0 Å². The number of amides is 1. The van der Waals surface area contributed by atoms with E-state index in [4.69, 9.17) is 5.11 Å². The van der Waals surface area contributed by atoms with Crippen molar-refractivity contribution >= 4 is 22.6 Å². The van der Waals surface area contributed by atoms with Gasteiger partial charge in [-0.2, -0.15) is 5.10 Å². The van der Waals surface area contributed by atoms with Gasteiger partial charge < -0.3 is 10.4 Å². The number of aromatic nitrogens is 2. The van der Waals surface area contributed by atoms with Crippen molar-refractivity contribution in [1.82, 2.24) is 15.1 Å². The van der Waals surface area contributed by atoms with Crippen molar-refractivity contribution in [1.29, 1.82) is 0 Å². The Morgan fingerprint density at radius 1 is 1.26 bits per heavy atom. The minimum Gasteiger partial charge on any atom is -0.480 e. The second-order valence-electron chi connectivity index (χ2n) is 5.73. The predicted molar refractivity (Wildman–Crippen MR) is 85.1 cm³/mol. The number of hydrogen-bond donors (Lipinski definition) is 2. The molecule has 2 aromatic rings. The van der Waals surface area contributed by atoms with Crippen LogP contribution < -0.4 is 10.9 Å². The third kappa shape index (κ3) is 3.56. The summed E-state index contributed by atoms with van der Waals surface area (Å²) in [6, 6.07) is 5.95. The molecule has 0 unspecified atom stereocenters. The summed E-state index contributed by atoms with van der Waals surface area (Å²) in [6.07, 6.45) is -0.0921. The van der Waals surface area contributed by atoms with Crippen LogP contribution in [-0.4, -0.2) is 32.8 Å². The fraction of sp³-hybridized carbons (Fsp3) is 0.375. The van der Waals surface area contributed by atoms with Crippen LogP contribution in [0, 0.1) is 5.92 Å². The van der Waals surface area contributed by atoms with E-state index in [0.29, 0.717) is 16.5 Å². The summed E-state index contributed by atoms with van der Waals surface area (Å²) in [5.74, 6) is -1.75. The van der Waals surface area contributed by atoms with Gasteiger partial charge in [-0.25, -0.2) is 9.48 Å². The van der Waals surface area contributed by atoms with Crippen LogP contribution in [0.3, 0.4) is 0 Å². The SMILES string of the molecule is CC(C)[C@H](NC(=O)Cc1nn(C)c(=O)c2ccccc12)C(=O)O. The molecule has 7 heteroatoms. The number of aryl methyl sites for hydroxylation is 1. The van der Waals surface area contributed by atoms with E-state index < -0.39 is 17.9 Å². The van der Waals surface area contributed by atoms with Crippen LogP contribution in [0.5, 0.6) is 0 Å². The first-order valence-electron chi connectivity index (χ1n) is 7.28. The maximum Gasteiger partial charge on any atom is 0.326 e. The Labute approximate surface area is 132 Å². The van der Waals surface area contributed by atoms with Gasteiger partial charge >= 0.3 is 5.97 Å². The zero-order valence-electron chi connectivity index (χ0n) is 13.2. The molecule has 7 nitrogen and oxygen atoms in total. The highest BCUT2D eigenvalue weighted by atomic mass is 16.4. The molecule has 2 rings (SSSR count). The van der Waals surface area contributed by atoms with Crippen molar-refractivity contribution in [2.24, 2.45) is 13.0 Å². The van der Waals surface area contributed by atoms with Crippen molar-refractivity contribution < 1.29 is 14.7 Å². The minimum absolute atomic E-state index is 0.0921. The molecule has 1 aromatic carbocycles. The third-order valence-electron chi connectivity index (χ3n) is 3.61. The van der Waals surface area contributed by atoms with Crippen molar-refractivity contribution in [3.05, 3.63) is 40.3 Å². The van der Waals surface area contributed by atoms with Crippen LogP contribution in [0.1, 0.15) is 19.5 Å². The highest BCUT2D eigenvalue weighted by Crippen LogP contribution is 2.13. The second-order valence-corrected chi connectivity index (χ2v) is 5.73. The van der Waals surface area contributed by atoms with Gasteiger partial charge in [-0.3, -0.25) is 9.59 Å². The molecule has 0 radical (unpaired) electrons. The first-order chi connectivity index (χ1) is 10.8. The Balaban J connectivity index is 2.32. The summed E-state index contributed by atoms with van der Waals surface area (Å²) in [5, 5.41) is 16.8. The first kappa shape index (κ1) is 16.7. The van der Waals surface area contributed by atoms with E-state index in [1.165, 1.54) is 11.7 Å². The molecule has 0 fully saturated rings. The summed E-state index contributed by atoms with van der Waals surface area (Å²) >= 11 is 0. The zero-order valence-corrected chi connectivity index (χ0v) is 13.2. The lowest BCUT2D eigenvalue weighted by molar-refractivity contribution is -0.143. The normalized spacial score (nSPS) is 12.3. The van der Waals surface area contributed by atoms with E-state index in [-0.39, 0.29) is 17.9 Å². The molecule has 23 heavy (non-hydrogen) atoms. The number of aliphatic carboxylic acids is 1. The minimum atomic E-state index is -1.08. The molecular formula is C16H19N3O4. The molecule has 1 aromatic heterocycles. The molecule has 0 aliphatic rings. The fourth-order valence-electron chi connectivity index (χ4n) is 2.40. The lowest BCUT2D eigenvalue weighted by atomic mass is 10.0. The monoisotopic (exact) mass is 317 g/mol. The van der Waals surface area contributed by atoms with Gasteiger partial charge in [0.2, 0.25) is 5.91 Å². The lowest BCUT2D eigenvalue weighted by Crippen LogP contribution is -2.45. The summed E-state index contributed by atoms with van der Waals surface area (Å²) in [6.45, 7) is 3.44. The lowest BCUT2D eigenvalue weighted by Gasteiger charge is -2.18. The van der Waals surface area contributed by atoms with Crippen molar-refractivity contribution in [3.63, 3.8) is 0 Å². The summed E-state index contributed by atoms with van der Waals surface area (Å²) in [5.41, 5.74) is 0.198. The van der Waals surface area contributed by atoms with Crippen LogP contribution >= 0.6 is 0 Å². The number of nitrogens with zero attached hydrogens (tertiary/aromatic N) is 2. The van der Waals surface area contributed by atoms with Crippen molar-refractivity contribution in [2.45, 2.75) is 26.3 Å². The summed E-state index contributed by atoms with van der Waals surface area (Å²) in [4.78, 5) is 35.4. The van der Waals surface area contributed by atoms with E-state index in [2.05, 4.69) is 10.4 Å². The molecule has 0 saturated heterocycles. The maximum absolute atomic E-state index is 12.2. The Hall–Kier alpha value is -2.70. The molecule has 1 amide bonds. The van der Waals surface area contributed by atoms with Gasteiger partial charge in [-0.15, -0.1) is 0 Å². The zero-order chi connectivity index (χ0) is 17.1. The highest BCUT2D eigenvalue weighted by molar-refractivity contribution is 5.90. The number of benzene rings is 1. The van der Waals surface area contributed by atoms with Gasteiger partial charge in [-0.05, 0) is 12.0 Å². The molecule has 1 atom stereocenters. The Morgan fingerprint density at radius 2 is 1.87 bits per heavy atom. The fourth-order valence-corrected chi connectivity index (χ4v) is 2.40. The van der Waals surface area contributed by atoms with E-state index >= 15 is 0 Å². The standard InChI is InChI=1S/C16H19N3O4/c1-9(2)14(16(22)23)17-13(20)8-12-10-6-4-5-7-11(10)15(21)19(3)18-12/h4-7,9,14H,8H2,1-3H3,(H,17,20)(H,22,23)/t14-/m0/s1. The number of carboxylic acid groups (broad SMARTS) is 1. The number of hydrogen-bond acceptors (Lipinski definition) is 4. The molecule has 0 bridgehead atoms. The Bertz CT molecular complexity index is 811. The number of carboxylic acids is 1. The Kier molecular flexibility index (Phi) is 4.78. The molecule has 122 valence electrons. The van der Waals surface area contributed by atoms with Gasteiger partial charge in [0.25, 0.3) is 5.56 Å². The molecule has 0 aliphatic carbocycles. The average molecular weight is 317 g/mol. The number of carbonyl (C=O) groups is 2. The van der Waals surface area contributed by atoms with Crippen LogP contribution in [0.25, 0.3) is 10.8 Å². The maximum atomic E-state index is 12.2. The van der Waals surface area contributed by atoms with E-state index in [1.807, 2.05) is 0 Å². The number of fused-ring (bicyclic) bond motifs is 1. The van der Waals surface area contributed by atoms with Crippen LogP contribution in [0.15, 0.2) is 29.1 Å². The number of rotatable bonds is 5. The molecule has 0 saturated carbocycles. The van der Waals surface area contributed by atoms with E-state index in [9.17, 15) is 14.4 Å². The van der Waals surface area contributed by atoms with Crippen molar-refractivity contribution in [2.75, 3.05) is 0 Å². The van der Waals surface area contributed by atoms with Crippen LogP contribution in [-0.2, 0) is 23.1 Å². The molecule has 1 heterocycles. The van der Waals surface area contributed by atoms with Crippen LogP contribution in [0.2, 0.25) is 0 Å². The third-order valence-corrected chi connectivity index (χ3v) is 3.61. The summed E-state index contributed by atoms with van der Waals surface area (Å²) < 4.78 is 1.18. The van der Waals surface area contributed by atoms with Gasteiger partial charge in [-0.1, -0.05) is 32.0 Å². The van der Waals surface area contributed by atoms with E-state index in [0.717, 1.165) is 0 Å². The Morgan fingerprint density at radius 3 is 2.43 bits per heavy atom. The van der Waals surface area contributed by atoms with Gasteiger partial charge in [0.1, 0.15) is 6.04 Å². The second kappa shape index (κ2) is 6.60. The molecule has 2 N–H and O–H groups in total. The average Bonchev–Trinajstić information content (AvgIpc) is 2.49. The quantitative estimate of drug-likeness (QED) is 0.845. The van der Waals surface area contributed by atoms with E-state index in [1.54, 1.807) is 38.1 Å². The van der Waals surface area contributed by atoms with Crippen molar-refractivity contribution in [3.8, 4) is 0 Å². The largest absolute Gasteiger partial charge is 0.480 e.